The Labute approximate surface area is 197 Å². The molecule has 0 spiro atoms. The second-order valence-corrected chi connectivity index (χ2v) is 9.01. The fourth-order valence-corrected chi connectivity index (χ4v) is 4.60. The highest BCUT2D eigenvalue weighted by atomic mass is 16.5. The number of carbonyl (C=O) groups excluding carboxylic acids is 4. The maximum atomic E-state index is 12.8. The van der Waals surface area contributed by atoms with Crippen LogP contribution in [0, 0.1) is 13.8 Å². The van der Waals surface area contributed by atoms with Crippen LogP contribution in [0.25, 0.3) is 6.08 Å². The molecule has 4 amide bonds. The van der Waals surface area contributed by atoms with E-state index in [4.69, 9.17) is 4.74 Å². The normalized spacial score (nSPS) is 19.1. The van der Waals surface area contributed by atoms with Gasteiger partial charge in [0.25, 0.3) is 11.8 Å². The average molecular weight is 460 g/mol. The van der Waals surface area contributed by atoms with Crippen LogP contribution in [-0.4, -0.2) is 41.2 Å². The van der Waals surface area contributed by atoms with Crippen LogP contribution in [0.2, 0.25) is 0 Å². The van der Waals surface area contributed by atoms with Gasteiger partial charge in [0, 0.05) is 30.6 Å². The predicted octanol–water partition coefficient (Wildman–Crippen LogP) is 2.16. The molecule has 2 N–H and O–H groups in total. The third-order valence-electron chi connectivity index (χ3n) is 6.67. The van der Waals surface area contributed by atoms with E-state index in [1.165, 1.54) is 4.90 Å². The Bertz CT molecular complexity index is 1280. The summed E-state index contributed by atoms with van der Waals surface area (Å²) < 4.78 is 5.78. The first-order valence-electron chi connectivity index (χ1n) is 11.3. The van der Waals surface area contributed by atoms with Crippen molar-refractivity contribution >= 4 is 29.7 Å². The highest BCUT2D eigenvalue weighted by Gasteiger charge is 2.39. The summed E-state index contributed by atoms with van der Waals surface area (Å²) in [5.74, 6) is -0.377. The highest BCUT2D eigenvalue weighted by Crippen LogP contribution is 2.30. The molecule has 1 saturated heterocycles. The molecule has 174 valence electrons. The van der Waals surface area contributed by atoms with E-state index in [0.29, 0.717) is 30.6 Å². The van der Waals surface area contributed by atoms with Gasteiger partial charge in [-0.25, -0.2) is 0 Å². The molecule has 0 aliphatic carbocycles. The summed E-state index contributed by atoms with van der Waals surface area (Å²) in [7, 11) is 0. The number of piperidine rings is 1. The van der Waals surface area contributed by atoms with E-state index < -0.39 is 11.9 Å². The van der Waals surface area contributed by atoms with Crippen LogP contribution in [-0.2, 0) is 27.5 Å². The molecule has 3 aliphatic rings. The Morgan fingerprint density at radius 1 is 1.15 bits per heavy atom. The largest absolute Gasteiger partial charge is 0.488 e. The molecule has 8 heteroatoms. The van der Waals surface area contributed by atoms with E-state index in [0.717, 1.165) is 33.6 Å². The van der Waals surface area contributed by atoms with Crippen LogP contribution < -0.4 is 15.4 Å². The van der Waals surface area contributed by atoms with E-state index in [-0.39, 0.29) is 30.7 Å². The average Bonchev–Trinajstić information content (AvgIpc) is 3.13. The summed E-state index contributed by atoms with van der Waals surface area (Å²) >= 11 is 0. The van der Waals surface area contributed by atoms with Crippen molar-refractivity contribution in [3.8, 4) is 5.75 Å². The molecule has 0 radical (unpaired) electrons. The monoisotopic (exact) mass is 459 g/mol. The van der Waals surface area contributed by atoms with Gasteiger partial charge in [0.15, 0.2) is 0 Å². The molecule has 2 aromatic rings. The highest BCUT2D eigenvalue weighted by molar-refractivity contribution is 6.05. The van der Waals surface area contributed by atoms with E-state index >= 15 is 0 Å². The number of carbonyl (C=O) groups is 4. The summed E-state index contributed by atoms with van der Waals surface area (Å²) in [6, 6.07) is 8.78. The Kier molecular flexibility index (Phi) is 5.43. The third-order valence-corrected chi connectivity index (χ3v) is 6.67. The van der Waals surface area contributed by atoms with Gasteiger partial charge < -0.3 is 15.0 Å². The van der Waals surface area contributed by atoms with Crippen LogP contribution in [0.1, 0.15) is 51.0 Å². The first-order chi connectivity index (χ1) is 16.3. The number of hydrogen-bond donors (Lipinski definition) is 2. The number of hydrogen-bond acceptors (Lipinski definition) is 5. The molecule has 0 bridgehead atoms. The number of amides is 4. The number of ether oxygens (including phenoxy) is 1. The first-order valence-corrected chi connectivity index (χ1v) is 11.3. The Hall–Kier alpha value is -3.94. The maximum Gasteiger partial charge on any atom is 0.255 e. The number of aryl methyl sites for hydroxylation is 2. The SMILES string of the molecule is Cc1cc2c(cc1C)OCC(C(=O)NCc1ccc3c(c1)CN(C1CCC(=O)NC1=O)C3=O)=C2. The van der Waals surface area contributed by atoms with Gasteiger partial charge in [-0.2, -0.15) is 0 Å². The first kappa shape index (κ1) is 21.9. The van der Waals surface area contributed by atoms with Gasteiger partial charge in [-0.15, -0.1) is 0 Å². The number of fused-ring (bicyclic) bond motifs is 2. The lowest BCUT2D eigenvalue weighted by atomic mass is 10.0. The quantitative estimate of drug-likeness (QED) is 0.682. The van der Waals surface area contributed by atoms with Crippen LogP contribution in [0.15, 0.2) is 35.9 Å². The van der Waals surface area contributed by atoms with E-state index in [1.54, 1.807) is 12.1 Å². The third kappa shape index (κ3) is 3.96. The molecule has 8 nitrogen and oxygen atoms in total. The maximum absolute atomic E-state index is 12.8. The fourth-order valence-electron chi connectivity index (χ4n) is 4.60. The molecular weight excluding hydrogens is 434 g/mol. The molecule has 34 heavy (non-hydrogen) atoms. The van der Waals surface area contributed by atoms with Gasteiger partial charge >= 0.3 is 0 Å². The van der Waals surface area contributed by atoms with Crippen LogP contribution in [0.5, 0.6) is 5.75 Å². The minimum absolute atomic E-state index is 0.203. The number of benzene rings is 2. The lowest BCUT2D eigenvalue weighted by Gasteiger charge is -2.29. The Balaban J connectivity index is 1.25. The van der Waals surface area contributed by atoms with E-state index in [1.807, 2.05) is 38.1 Å². The van der Waals surface area contributed by atoms with Crippen molar-refractivity contribution in [3.05, 3.63) is 69.3 Å². The summed E-state index contributed by atoms with van der Waals surface area (Å²) in [5.41, 5.74) is 5.94. The second-order valence-electron chi connectivity index (χ2n) is 9.01. The van der Waals surface area contributed by atoms with Crippen LogP contribution >= 0.6 is 0 Å². The summed E-state index contributed by atoms with van der Waals surface area (Å²) in [5, 5.41) is 5.23. The van der Waals surface area contributed by atoms with Crippen molar-refractivity contribution in [2.24, 2.45) is 0 Å². The predicted molar refractivity (Wildman–Crippen MR) is 124 cm³/mol. The van der Waals surface area contributed by atoms with Crippen molar-refractivity contribution in [1.82, 2.24) is 15.5 Å². The van der Waals surface area contributed by atoms with Crippen molar-refractivity contribution in [2.75, 3.05) is 6.61 Å². The van der Waals surface area contributed by atoms with Crippen LogP contribution in [0.3, 0.4) is 0 Å². The van der Waals surface area contributed by atoms with Gasteiger partial charge in [0.1, 0.15) is 18.4 Å². The molecule has 1 fully saturated rings. The zero-order chi connectivity index (χ0) is 24.0. The topological polar surface area (TPSA) is 105 Å². The molecular formula is C26H25N3O5. The van der Waals surface area contributed by atoms with Crippen molar-refractivity contribution in [1.29, 1.82) is 0 Å². The smallest absolute Gasteiger partial charge is 0.255 e. The molecule has 3 aliphatic heterocycles. The van der Waals surface area contributed by atoms with Gasteiger partial charge in [-0.05, 0) is 66.8 Å². The zero-order valence-electron chi connectivity index (χ0n) is 19.1. The number of nitrogens with one attached hydrogen (secondary N) is 2. The minimum atomic E-state index is -0.644. The zero-order valence-corrected chi connectivity index (χ0v) is 19.1. The molecule has 2 aromatic carbocycles. The van der Waals surface area contributed by atoms with E-state index in [2.05, 4.69) is 10.6 Å². The molecule has 1 unspecified atom stereocenters. The number of nitrogens with zero attached hydrogens (tertiary/aromatic N) is 1. The van der Waals surface area contributed by atoms with Gasteiger partial charge in [-0.1, -0.05) is 12.1 Å². The molecule has 3 heterocycles. The van der Waals surface area contributed by atoms with Crippen LogP contribution in [0.4, 0.5) is 0 Å². The van der Waals surface area contributed by atoms with Gasteiger partial charge in [-0.3, -0.25) is 24.5 Å². The second kappa shape index (κ2) is 8.44. The Morgan fingerprint density at radius 2 is 1.94 bits per heavy atom. The van der Waals surface area contributed by atoms with Crippen molar-refractivity contribution in [3.63, 3.8) is 0 Å². The van der Waals surface area contributed by atoms with Gasteiger partial charge in [0.05, 0.1) is 5.57 Å². The van der Waals surface area contributed by atoms with Crippen molar-refractivity contribution in [2.45, 2.75) is 45.8 Å². The lowest BCUT2D eigenvalue weighted by molar-refractivity contribution is -0.137. The molecule has 0 aromatic heterocycles. The standard InChI is InChI=1S/C26H25N3O5/c1-14-7-17-10-19(13-34-22(17)8-15(14)2)24(31)27-11-16-3-4-20-18(9-16)12-29(26(20)33)21-5-6-23(30)28-25(21)32/h3-4,7-10,21H,5-6,11-13H2,1-2H3,(H,27,31)(H,28,30,32). The summed E-state index contributed by atoms with van der Waals surface area (Å²) in [6.45, 7) is 4.87. The minimum Gasteiger partial charge on any atom is -0.488 e. The van der Waals surface area contributed by atoms with E-state index in [9.17, 15) is 19.2 Å². The van der Waals surface area contributed by atoms with Gasteiger partial charge in [0.2, 0.25) is 11.8 Å². The molecule has 1 atom stereocenters. The number of rotatable bonds is 4. The number of imide groups is 1. The lowest BCUT2D eigenvalue weighted by Crippen LogP contribution is -2.52. The molecule has 0 saturated carbocycles. The Morgan fingerprint density at radius 3 is 2.74 bits per heavy atom. The van der Waals surface area contributed by atoms with Crippen molar-refractivity contribution < 1.29 is 23.9 Å². The molecule has 5 rings (SSSR count). The summed E-state index contributed by atoms with van der Waals surface area (Å²) in [4.78, 5) is 50.7. The summed E-state index contributed by atoms with van der Waals surface area (Å²) in [6.07, 6.45) is 2.41. The fraction of sp³-hybridized carbons (Fsp3) is 0.308.